The third kappa shape index (κ3) is 4.45. The quantitative estimate of drug-likeness (QED) is 0.362. The van der Waals surface area contributed by atoms with E-state index in [-0.39, 0.29) is 17.3 Å². The standard InChI is InChI=1S/C30H28N2O3S/c31-36(34,35)24-18-16-23(17-19-24)21-32-29(33)30(20-8-11-22-9-2-1-3-10-22)27-14-6-4-12-25(27)26-13-5-7-15-28(26)30/h1-7,9-10,12-19H,8,11,20-21H2,(H,32,33)(H2,31,34,35). The first-order valence-electron chi connectivity index (χ1n) is 12.0. The Morgan fingerprint density at radius 3 is 1.86 bits per heavy atom. The van der Waals surface area contributed by atoms with E-state index in [9.17, 15) is 13.2 Å². The number of nitrogens with two attached hydrogens (primary N) is 1. The van der Waals surface area contributed by atoms with E-state index in [1.165, 1.54) is 17.7 Å². The molecule has 0 aromatic heterocycles. The molecular formula is C30H28N2O3S. The van der Waals surface area contributed by atoms with Gasteiger partial charge in [0.15, 0.2) is 0 Å². The number of fused-ring (bicyclic) bond motifs is 3. The first-order valence-corrected chi connectivity index (χ1v) is 13.6. The lowest BCUT2D eigenvalue weighted by atomic mass is 9.73. The molecule has 0 spiro atoms. The number of benzene rings is 4. The van der Waals surface area contributed by atoms with Gasteiger partial charge in [0, 0.05) is 6.54 Å². The molecule has 3 N–H and O–H groups in total. The SMILES string of the molecule is NS(=O)(=O)c1ccc(CNC(=O)C2(CCCc3ccccc3)c3ccccc3-c3ccccc32)cc1. The zero-order chi connectivity index (χ0) is 25.2. The third-order valence-electron chi connectivity index (χ3n) is 7.02. The van der Waals surface area contributed by atoms with Gasteiger partial charge in [0.2, 0.25) is 15.9 Å². The lowest BCUT2D eigenvalue weighted by Crippen LogP contribution is -2.44. The number of hydrogen-bond acceptors (Lipinski definition) is 3. The second-order valence-corrected chi connectivity index (χ2v) is 10.8. The van der Waals surface area contributed by atoms with E-state index in [0.717, 1.165) is 40.7 Å². The lowest BCUT2D eigenvalue weighted by molar-refractivity contribution is -0.125. The van der Waals surface area contributed by atoms with E-state index in [4.69, 9.17) is 5.14 Å². The van der Waals surface area contributed by atoms with Gasteiger partial charge in [-0.1, -0.05) is 91.0 Å². The fourth-order valence-electron chi connectivity index (χ4n) is 5.29. The molecule has 1 amide bonds. The molecule has 0 saturated heterocycles. The summed E-state index contributed by atoms with van der Waals surface area (Å²) in [6, 6.07) is 33.0. The number of nitrogens with one attached hydrogen (secondary N) is 1. The van der Waals surface area contributed by atoms with Crippen LogP contribution in [0.4, 0.5) is 0 Å². The summed E-state index contributed by atoms with van der Waals surface area (Å²) in [5, 5.41) is 8.36. The van der Waals surface area contributed by atoms with Crippen molar-refractivity contribution in [2.75, 3.05) is 0 Å². The lowest BCUT2D eigenvalue weighted by Gasteiger charge is -2.31. The number of amides is 1. The summed E-state index contributed by atoms with van der Waals surface area (Å²) in [5.41, 5.74) is 5.50. The van der Waals surface area contributed by atoms with Crippen LogP contribution in [0.2, 0.25) is 0 Å². The number of primary sulfonamides is 1. The minimum Gasteiger partial charge on any atom is -0.351 e. The van der Waals surface area contributed by atoms with Gasteiger partial charge in [0.25, 0.3) is 0 Å². The zero-order valence-corrected chi connectivity index (χ0v) is 20.7. The van der Waals surface area contributed by atoms with Crippen molar-refractivity contribution in [2.24, 2.45) is 5.14 Å². The molecule has 0 unspecified atom stereocenters. The number of rotatable bonds is 8. The molecule has 0 radical (unpaired) electrons. The Balaban J connectivity index is 1.46. The molecule has 4 aromatic carbocycles. The second kappa shape index (κ2) is 9.72. The summed E-state index contributed by atoms with van der Waals surface area (Å²) in [5.74, 6) is -0.0523. The van der Waals surface area contributed by atoms with Crippen LogP contribution >= 0.6 is 0 Å². The van der Waals surface area contributed by atoms with Gasteiger partial charge in [-0.25, -0.2) is 13.6 Å². The molecule has 182 valence electrons. The highest BCUT2D eigenvalue weighted by Crippen LogP contribution is 2.51. The zero-order valence-electron chi connectivity index (χ0n) is 19.9. The van der Waals surface area contributed by atoms with Gasteiger partial charge in [0.1, 0.15) is 5.41 Å². The Morgan fingerprint density at radius 1 is 0.722 bits per heavy atom. The smallest absolute Gasteiger partial charge is 0.238 e. The van der Waals surface area contributed by atoms with E-state index >= 15 is 0 Å². The van der Waals surface area contributed by atoms with Gasteiger partial charge in [0.05, 0.1) is 4.90 Å². The second-order valence-electron chi connectivity index (χ2n) is 9.21. The first kappa shape index (κ1) is 24.0. The maximum atomic E-state index is 14.1. The maximum absolute atomic E-state index is 14.1. The topological polar surface area (TPSA) is 89.3 Å². The van der Waals surface area contributed by atoms with Crippen LogP contribution in [0.25, 0.3) is 11.1 Å². The molecule has 4 aromatic rings. The molecule has 0 heterocycles. The average molecular weight is 497 g/mol. The largest absolute Gasteiger partial charge is 0.351 e. The predicted octanol–water partition coefficient (Wildman–Crippen LogP) is 4.94. The van der Waals surface area contributed by atoms with E-state index in [0.29, 0.717) is 6.42 Å². The Labute approximate surface area is 212 Å². The molecule has 0 bridgehead atoms. The van der Waals surface area contributed by atoms with Crippen molar-refractivity contribution in [3.63, 3.8) is 0 Å². The predicted molar refractivity (Wildman–Crippen MR) is 142 cm³/mol. The van der Waals surface area contributed by atoms with Gasteiger partial charge in [-0.05, 0) is 64.8 Å². The van der Waals surface area contributed by atoms with Gasteiger partial charge < -0.3 is 5.32 Å². The Kier molecular flexibility index (Phi) is 6.48. The third-order valence-corrected chi connectivity index (χ3v) is 7.95. The summed E-state index contributed by atoms with van der Waals surface area (Å²) in [4.78, 5) is 14.2. The molecule has 5 nitrogen and oxygen atoms in total. The molecule has 0 saturated carbocycles. The van der Waals surface area contributed by atoms with Crippen molar-refractivity contribution in [1.82, 2.24) is 5.32 Å². The maximum Gasteiger partial charge on any atom is 0.238 e. The van der Waals surface area contributed by atoms with E-state index in [2.05, 4.69) is 41.7 Å². The number of aryl methyl sites for hydroxylation is 1. The number of carbonyl (C=O) groups excluding carboxylic acids is 1. The van der Waals surface area contributed by atoms with Crippen LogP contribution in [-0.4, -0.2) is 14.3 Å². The Morgan fingerprint density at radius 2 is 1.28 bits per heavy atom. The Hall–Kier alpha value is -3.74. The van der Waals surface area contributed by atoms with Crippen LogP contribution in [0.3, 0.4) is 0 Å². The van der Waals surface area contributed by atoms with E-state index in [1.54, 1.807) is 12.1 Å². The van der Waals surface area contributed by atoms with E-state index < -0.39 is 15.4 Å². The molecular weight excluding hydrogens is 468 g/mol. The summed E-state index contributed by atoms with van der Waals surface area (Å²) >= 11 is 0. The number of hydrogen-bond donors (Lipinski definition) is 2. The highest BCUT2D eigenvalue weighted by Gasteiger charge is 2.48. The Bertz CT molecular complexity index is 1450. The van der Waals surface area contributed by atoms with Crippen molar-refractivity contribution in [2.45, 2.75) is 36.1 Å². The van der Waals surface area contributed by atoms with Crippen molar-refractivity contribution in [3.8, 4) is 11.1 Å². The fraction of sp³-hybridized carbons (Fsp3) is 0.167. The van der Waals surface area contributed by atoms with Crippen molar-refractivity contribution in [3.05, 3.63) is 125 Å². The molecule has 36 heavy (non-hydrogen) atoms. The van der Waals surface area contributed by atoms with Crippen LogP contribution in [0.5, 0.6) is 0 Å². The van der Waals surface area contributed by atoms with Gasteiger partial charge in [-0.2, -0.15) is 0 Å². The van der Waals surface area contributed by atoms with Gasteiger partial charge >= 0.3 is 0 Å². The van der Waals surface area contributed by atoms with Crippen molar-refractivity contribution < 1.29 is 13.2 Å². The average Bonchev–Trinajstić information content (AvgIpc) is 3.19. The number of carbonyl (C=O) groups is 1. The van der Waals surface area contributed by atoms with E-state index in [1.807, 2.05) is 42.5 Å². The van der Waals surface area contributed by atoms with Crippen LogP contribution < -0.4 is 10.5 Å². The molecule has 1 aliphatic rings. The highest BCUT2D eigenvalue weighted by molar-refractivity contribution is 7.89. The summed E-state index contributed by atoms with van der Waals surface area (Å²) in [6.07, 6.45) is 2.41. The minimum absolute atomic E-state index is 0.0496. The molecule has 1 aliphatic carbocycles. The number of sulfonamides is 1. The fourth-order valence-corrected chi connectivity index (χ4v) is 5.80. The van der Waals surface area contributed by atoms with Gasteiger partial charge in [-0.3, -0.25) is 4.79 Å². The monoisotopic (exact) mass is 496 g/mol. The first-order chi connectivity index (χ1) is 17.4. The van der Waals surface area contributed by atoms with Crippen LogP contribution in [0.1, 0.15) is 35.1 Å². The van der Waals surface area contributed by atoms with Crippen LogP contribution in [0, 0.1) is 0 Å². The molecule has 0 fully saturated rings. The van der Waals surface area contributed by atoms with Crippen molar-refractivity contribution in [1.29, 1.82) is 0 Å². The van der Waals surface area contributed by atoms with Crippen molar-refractivity contribution >= 4 is 15.9 Å². The van der Waals surface area contributed by atoms with Crippen LogP contribution in [0.15, 0.2) is 108 Å². The minimum atomic E-state index is -3.76. The molecule has 0 atom stereocenters. The molecule has 5 rings (SSSR count). The summed E-state index contributed by atoms with van der Waals surface area (Å²) in [6.45, 7) is 0.286. The van der Waals surface area contributed by atoms with Gasteiger partial charge in [-0.15, -0.1) is 0 Å². The summed E-state index contributed by atoms with van der Waals surface area (Å²) in [7, 11) is -3.76. The highest BCUT2D eigenvalue weighted by atomic mass is 32.2. The summed E-state index contributed by atoms with van der Waals surface area (Å²) < 4.78 is 23.1. The molecule has 0 aliphatic heterocycles. The van der Waals surface area contributed by atoms with Crippen LogP contribution in [-0.2, 0) is 33.2 Å². The normalized spacial score (nSPS) is 13.6. The molecule has 6 heteroatoms.